The Labute approximate surface area is 188 Å². The largest absolute Gasteiger partial charge is 0.478 e. The lowest BCUT2D eigenvalue weighted by Gasteiger charge is -2.10. The Kier molecular flexibility index (Phi) is 7.46. The van der Waals surface area contributed by atoms with Crippen LogP contribution in [0.15, 0.2) is 53.3 Å². The van der Waals surface area contributed by atoms with Crippen LogP contribution in [0.4, 0.5) is 0 Å². The molecular weight excluding hydrogens is 404 g/mol. The summed E-state index contributed by atoms with van der Waals surface area (Å²) in [5.41, 5.74) is 3.97. The Hall–Kier alpha value is -3.41. The summed E-state index contributed by atoms with van der Waals surface area (Å²) in [5, 5.41) is 9.45. The molecule has 2 aromatic carbocycles. The quantitative estimate of drug-likeness (QED) is 0.505. The second-order valence-corrected chi connectivity index (χ2v) is 8.03. The van der Waals surface area contributed by atoms with Crippen molar-refractivity contribution in [2.75, 3.05) is 0 Å². The minimum Gasteiger partial charge on any atom is -0.478 e. The molecule has 0 saturated heterocycles. The van der Waals surface area contributed by atoms with Crippen LogP contribution in [0, 0.1) is 6.92 Å². The molecule has 1 aromatic heterocycles. The molecule has 3 rings (SSSR count). The molecule has 0 aliphatic rings. The van der Waals surface area contributed by atoms with E-state index >= 15 is 0 Å². The Morgan fingerprint density at radius 3 is 2.28 bits per heavy atom. The number of nitrogens with zero attached hydrogens (tertiary/aromatic N) is 2. The van der Waals surface area contributed by atoms with E-state index in [4.69, 9.17) is 0 Å². The molecule has 0 spiro atoms. The van der Waals surface area contributed by atoms with Crippen molar-refractivity contribution in [3.8, 4) is 11.1 Å². The maximum Gasteiger partial charge on any atom is 0.336 e. The Morgan fingerprint density at radius 1 is 0.969 bits per heavy atom. The van der Waals surface area contributed by atoms with Gasteiger partial charge in [-0.25, -0.2) is 14.2 Å². The molecule has 0 aliphatic heterocycles. The van der Waals surface area contributed by atoms with Crippen LogP contribution in [0.3, 0.4) is 0 Å². The van der Waals surface area contributed by atoms with E-state index in [1.54, 1.807) is 22.8 Å². The molecule has 0 amide bonds. The first kappa shape index (κ1) is 23.3. The average Bonchev–Trinajstić information content (AvgIpc) is 3.01. The van der Waals surface area contributed by atoms with E-state index in [2.05, 4.69) is 6.92 Å². The Balaban J connectivity index is 1.96. The van der Waals surface area contributed by atoms with Crippen molar-refractivity contribution < 1.29 is 14.7 Å². The lowest BCUT2D eigenvalue weighted by molar-refractivity contribution is 0.0697. The van der Waals surface area contributed by atoms with E-state index in [1.165, 1.54) is 4.57 Å². The van der Waals surface area contributed by atoms with Crippen LogP contribution in [-0.4, -0.2) is 26.1 Å². The summed E-state index contributed by atoms with van der Waals surface area (Å²) in [7, 11) is 0. The van der Waals surface area contributed by atoms with Gasteiger partial charge in [0.25, 0.3) is 0 Å². The van der Waals surface area contributed by atoms with E-state index in [-0.39, 0.29) is 17.2 Å². The van der Waals surface area contributed by atoms with Crippen molar-refractivity contribution in [3.63, 3.8) is 0 Å². The van der Waals surface area contributed by atoms with Crippen LogP contribution in [0.1, 0.15) is 71.6 Å². The van der Waals surface area contributed by atoms with E-state index in [9.17, 15) is 19.5 Å². The highest BCUT2D eigenvalue weighted by molar-refractivity contribution is 5.96. The van der Waals surface area contributed by atoms with Gasteiger partial charge >= 0.3 is 11.7 Å². The summed E-state index contributed by atoms with van der Waals surface area (Å²) in [4.78, 5) is 37.2. The van der Waals surface area contributed by atoms with Crippen LogP contribution in [0.5, 0.6) is 0 Å². The van der Waals surface area contributed by atoms with Crippen molar-refractivity contribution in [2.45, 2.75) is 59.4 Å². The first-order valence-electron chi connectivity index (χ1n) is 11.1. The van der Waals surface area contributed by atoms with Gasteiger partial charge in [-0.15, -0.1) is 0 Å². The number of hydrogen-bond acceptors (Lipinski definition) is 3. The first-order valence-corrected chi connectivity index (χ1v) is 11.1. The Bertz CT molecular complexity index is 1170. The summed E-state index contributed by atoms with van der Waals surface area (Å²) in [6, 6.07) is 14.5. The molecule has 6 heteroatoms. The third-order valence-electron chi connectivity index (χ3n) is 5.74. The van der Waals surface area contributed by atoms with Gasteiger partial charge < -0.3 is 5.11 Å². The number of carbonyl (C=O) groups excluding carboxylic acids is 1. The summed E-state index contributed by atoms with van der Waals surface area (Å²) < 4.78 is 3.03. The van der Waals surface area contributed by atoms with E-state index in [0.29, 0.717) is 24.9 Å². The van der Waals surface area contributed by atoms with E-state index in [1.807, 2.05) is 44.2 Å². The number of imidazole rings is 1. The minimum absolute atomic E-state index is 0.160. The molecule has 32 heavy (non-hydrogen) atoms. The number of aromatic nitrogens is 2. The van der Waals surface area contributed by atoms with Gasteiger partial charge in [-0.3, -0.25) is 9.36 Å². The van der Waals surface area contributed by atoms with Crippen LogP contribution >= 0.6 is 0 Å². The fraction of sp³-hybridized carbons (Fsp3) is 0.346. The van der Waals surface area contributed by atoms with Crippen molar-refractivity contribution in [2.24, 2.45) is 0 Å². The summed E-state index contributed by atoms with van der Waals surface area (Å²) in [6.45, 7) is 6.25. The molecule has 0 atom stereocenters. The number of carbonyl (C=O) groups is 2. The average molecular weight is 435 g/mol. The number of unbranched alkanes of at least 4 members (excludes halogenated alkanes) is 1. The standard InChI is InChI=1S/C26H30N2O4/c1-4-6-12-23-18(3)28(24(29)9-5-2)26(32)27(23)17-19-13-15-20(16-14-19)21-10-7-8-11-22(21)25(30)31/h7-8,10-11,13-16H,4-6,9,12,17H2,1-3H3,(H,30,31). The molecule has 1 heterocycles. The number of aromatic carboxylic acids is 1. The normalized spacial score (nSPS) is 11.0. The lowest BCUT2D eigenvalue weighted by atomic mass is 9.99. The maximum absolute atomic E-state index is 13.1. The summed E-state index contributed by atoms with van der Waals surface area (Å²) in [6.07, 6.45) is 3.72. The highest BCUT2D eigenvalue weighted by atomic mass is 16.4. The number of carboxylic acid groups (broad SMARTS) is 1. The van der Waals surface area contributed by atoms with Gasteiger partial charge in [0, 0.05) is 17.8 Å². The first-order chi connectivity index (χ1) is 15.4. The molecular formula is C26H30N2O4. The van der Waals surface area contributed by atoms with Crippen molar-refractivity contribution >= 4 is 11.9 Å². The van der Waals surface area contributed by atoms with Crippen molar-refractivity contribution in [1.29, 1.82) is 0 Å². The summed E-state index contributed by atoms with van der Waals surface area (Å²) in [5.74, 6) is -1.13. The van der Waals surface area contributed by atoms with E-state index < -0.39 is 5.97 Å². The van der Waals surface area contributed by atoms with Crippen LogP contribution in [0.25, 0.3) is 11.1 Å². The predicted octanol–water partition coefficient (Wildman–Crippen LogP) is 5.15. The zero-order valence-corrected chi connectivity index (χ0v) is 18.9. The molecule has 1 N–H and O–H groups in total. The monoisotopic (exact) mass is 434 g/mol. The second kappa shape index (κ2) is 10.3. The predicted molar refractivity (Wildman–Crippen MR) is 126 cm³/mol. The number of hydrogen-bond donors (Lipinski definition) is 1. The topological polar surface area (TPSA) is 81.3 Å². The third-order valence-corrected chi connectivity index (χ3v) is 5.74. The van der Waals surface area contributed by atoms with Crippen LogP contribution < -0.4 is 5.69 Å². The number of rotatable bonds is 9. The van der Waals surface area contributed by atoms with Gasteiger partial charge in [-0.1, -0.05) is 62.7 Å². The Morgan fingerprint density at radius 2 is 1.66 bits per heavy atom. The van der Waals surface area contributed by atoms with Crippen LogP contribution in [-0.2, 0) is 13.0 Å². The van der Waals surface area contributed by atoms with Crippen molar-refractivity contribution in [3.05, 3.63) is 81.5 Å². The van der Waals surface area contributed by atoms with E-state index in [0.717, 1.165) is 41.8 Å². The highest BCUT2D eigenvalue weighted by Gasteiger charge is 2.20. The fourth-order valence-electron chi connectivity index (χ4n) is 4.04. The van der Waals surface area contributed by atoms with Crippen molar-refractivity contribution in [1.82, 2.24) is 9.13 Å². The molecule has 168 valence electrons. The van der Waals surface area contributed by atoms with Gasteiger partial charge in [0.05, 0.1) is 12.1 Å². The maximum atomic E-state index is 13.1. The van der Waals surface area contributed by atoms with Gasteiger partial charge in [0.2, 0.25) is 5.91 Å². The molecule has 0 saturated carbocycles. The second-order valence-electron chi connectivity index (χ2n) is 8.03. The third kappa shape index (κ3) is 4.74. The van der Waals surface area contributed by atoms with Gasteiger partial charge in [0.15, 0.2) is 0 Å². The van der Waals surface area contributed by atoms with Gasteiger partial charge in [0.1, 0.15) is 0 Å². The zero-order chi connectivity index (χ0) is 23.3. The van der Waals surface area contributed by atoms with Gasteiger partial charge in [-0.2, -0.15) is 0 Å². The molecule has 0 bridgehead atoms. The minimum atomic E-state index is -0.967. The number of benzene rings is 2. The molecule has 0 radical (unpaired) electrons. The summed E-state index contributed by atoms with van der Waals surface area (Å²) >= 11 is 0. The molecule has 0 fully saturated rings. The fourth-order valence-corrected chi connectivity index (χ4v) is 4.04. The smallest absolute Gasteiger partial charge is 0.336 e. The molecule has 6 nitrogen and oxygen atoms in total. The zero-order valence-electron chi connectivity index (χ0n) is 18.9. The van der Waals surface area contributed by atoms with Crippen LogP contribution in [0.2, 0.25) is 0 Å². The highest BCUT2D eigenvalue weighted by Crippen LogP contribution is 2.24. The lowest BCUT2D eigenvalue weighted by Crippen LogP contribution is -2.30. The number of carboxylic acids is 1. The SMILES string of the molecule is CCCCc1c(C)n(C(=O)CCC)c(=O)n1Cc1ccc(-c2ccccc2C(=O)O)cc1. The van der Waals surface area contributed by atoms with Gasteiger partial charge in [-0.05, 0) is 48.9 Å². The molecule has 0 unspecified atom stereocenters. The molecule has 0 aliphatic carbocycles. The molecule has 3 aromatic rings.